The van der Waals surface area contributed by atoms with Crippen LogP contribution in [0.2, 0.25) is 0 Å². The number of nitrogens with zero attached hydrogens (tertiary/aromatic N) is 1. The molecule has 0 saturated carbocycles. The van der Waals surface area contributed by atoms with Crippen LogP contribution in [0.25, 0.3) is 0 Å². The van der Waals surface area contributed by atoms with Crippen LogP contribution in [-0.4, -0.2) is 25.2 Å². The van der Waals surface area contributed by atoms with E-state index in [1.54, 1.807) is 0 Å². The Labute approximate surface area is 96.0 Å². The fraction of sp³-hybridized carbons (Fsp3) is 0.583. The number of hydrogen-bond acceptors (Lipinski definition) is 3. The van der Waals surface area contributed by atoms with Gasteiger partial charge in [-0.1, -0.05) is 6.92 Å². The Morgan fingerprint density at radius 2 is 2.31 bits per heavy atom. The van der Waals surface area contributed by atoms with Crippen LogP contribution in [0.3, 0.4) is 0 Å². The number of aromatic nitrogens is 1. The molecule has 90 valence electrons. The molecule has 1 aromatic rings. The van der Waals surface area contributed by atoms with Crippen molar-refractivity contribution in [3.05, 3.63) is 24.1 Å². The molecule has 2 heterocycles. The summed E-state index contributed by atoms with van der Waals surface area (Å²) in [6.45, 7) is 4.77. The summed E-state index contributed by atoms with van der Waals surface area (Å²) in [5.41, 5.74) is 0. The topological polar surface area (TPSA) is 34.1 Å². The minimum atomic E-state index is -0.351. The first kappa shape index (κ1) is 12.9. The smallest absolute Gasteiger partial charge is 0.213 e. The Hall–Kier alpha value is -1.16. The van der Waals surface area contributed by atoms with E-state index in [2.05, 4.69) is 17.2 Å². The molecule has 0 amide bonds. The molecular formula is C12H19FN2O. The number of hydrogen-bond donors (Lipinski definition) is 1. The Kier molecular flexibility index (Phi) is 5.78. The summed E-state index contributed by atoms with van der Waals surface area (Å²) in [6.07, 6.45) is 3.91. The SMILES string of the molecule is CC1CCCNC1.COc1ccc(F)cn1. The van der Waals surface area contributed by atoms with E-state index >= 15 is 0 Å². The second-order valence-electron chi connectivity index (χ2n) is 3.97. The lowest BCUT2D eigenvalue weighted by Gasteiger charge is -2.17. The van der Waals surface area contributed by atoms with Crippen LogP contribution >= 0.6 is 0 Å². The first-order valence-electron chi connectivity index (χ1n) is 5.58. The van der Waals surface area contributed by atoms with E-state index in [1.165, 1.54) is 45.2 Å². The quantitative estimate of drug-likeness (QED) is 0.797. The summed E-state index contributed by atoms with van der Waals surface area (Å²) >= 11 is 0. The molecule has 1 aromatic heterocycles. The number of halogens is 1. The Balaban J connectivity index is 0.000000165. The lowest BCUT2D eigenvalue weighted by Crippen LogP contribution is -2.27. The Bertz CT molecular complexity index is 284. The zero-order valence-corrected chi connectivity index (χ0v) is 9.87. The van der Waals surface area contributed by atoms with Crippen LogP contribution in [0, 0.1) is 11.7 Å². The third-order valence-electron chi connectivity index (χ3n) is 2.45. The van der Waals surface area contributed by atoms with Crippen LogP contribution < -0.4 is 10.1 Å². The maximum Gasteiger partial charge on any atom is 0.213 e. The van der Waals surface area contributed by atoms with Crippen molar-refractivity contribution in [2.75, 3.05) is 20.2 Å². The summed E-state index contributed by atoms with van der Waals surface area (Å²) < 4.78 is 16.8. The van der Waals surface area contributed by atoms with Gasteiger partial charge in [0.15, 0.2) is 0 Å². The van der Waals surface area contributed by atoms with E-state index in [1.807, 2.05) is 0 Å². The van der Waals surface area contributed by atoms with Gasteiger partial charge in [0, 0.05) is 6.07 Å². The van der Waals surface area contributed by atoms with Crippen molar-refractivity contribution in [3.8, 4) is 5.88 Å². The Morgan fingerprint density at radius 3 is 2.69 bits per heavy atom. The minimum absolute atomic E-state index is 0.351. The van der Waals surface area contributed by atoms with Crippen LogP contribution in [0.1, 0.15) is 19.8 Å². The van der Waals surface area contributed by atoms with E-state index in [0.29, 0.717) is 5.88 Å². The summed E-state index contributed by atoms with van der Waals surface area (Å²) in [7, 11) is 1.49. The van der Waals surface area contributed by atoms with Crippen molar-refractivity contribution in [2.45, 2.75) is 19.8 Å². The fourth-order valence-electron chi connectivity index (χ4n) is 1.51. The molecule has 16 heavy (non-hydrogen) atoms. The van der Waals surface area contributed by atoms with E-state index in [4.69, 9.17) is 4.74 Å². The molecule has 2 rings (SSSR count). The first-order valence-corrected chi connectivity index (χ1v) is 5.58. The maximum absolute atomic E-state index is 12.1. The van der Waals surface area contributed by atoms with Crippen molar-refractivity contribution in [1.82, 2.24) is 10.3 Å². The van der Waals surface area contributed by atoms with Crippen molar-refractivity contribution >= 4 is 0 Å². The van der Waals surface area contributed by atoms with Crippen molar-refractivity contribution < 1.29 is 9.13 Å². The lowest BCUT2D eigenvalue weighted by atomic mass is 10.0. The molecule has 0 spiro atoms. The number of methoxy groups -OCH3 is 1. The fourth-order valence-corrected chi connectivity index (χ4v) is 1.51. The molecule has 1 aliphatic rings. The number of nitrogens with one attached hydrogen (secondary N) is 1. The van der Waals surface area contributed by atoms with E-state index < -0.39 is 0 Å². The average molecular weight is 226 g/mol. The third-order valence-corrected chi connectivity index (χ3v) is 2.45. The zero-order chi connectivity index (χ0) is 11.8. The van der Waals surface area contributed by atoms with Gasteiger partial charge in [-0.05, 0) is 37.9 Å². The standard InChI is InChI=1S/C6H6FNO.C6H13N/c1-9-6-3-2-5(7)4-8-6;1-6-3-2-4-7-5-6/h2-4H,1H3;6-7H,2-5H2,1H3. The third kappa shape index (κ3) is 5.07. The van der Waals surface area contributed by atoms with Gasteiger partial charge in [-0.3, -0.25) is 0 Å². The predicted molar refractivity (Wildman–Crippen MR) is 62.0 cm³/mol. The highest BCUT2D eigenvalue weighted by Gasteiger charge is 2.04. The van der Waals surface area contributed by atoms with Gasteiger partial charge >= 0.3 is 0 Å². The summed E-state index contributed by atoms with van der Waals surface area (Å²) in [6, 6.07) is 2.77. The molecular weight excluding hydrogens is 207 g/mol. The van der Waals surface area contributed by atoms with Crippen LogP contribution in [0.5, 0.6) is 5.88 Å². The molecule has 0 aromatic carbocycles. The molecule has 0 bridgehead atoms. The lowest BCUT2D eigenvalue weighted by molar-refractivity contribution is 0.396. The summed E-state index contributed by atoms with van der Waals surface area (Å²) in [5.74, 6) is 1.00. The second kappa shape index (κ2) is 7.17. The van der Waals surface area contributed by atoms with Crippen LogP contribution in [-0.2, 0) is 0 Å². The number of pyridine rings is 1. The largest absolute Gasteiger partial charge is 0.481 e. The zero-order valence-electron chi connectivity index (χ0n) is 9.87. The molecule has 1 fully saturated rings. The van der Waals surface area contributed by atoms with Gasteiger partial charge < -0.3 is 10.1 Å². The first-order chi connectivity index (χ1) is 7.72. The monoisotopic (exact) mass is 226 g/mol. The van der Waals surface area contributed by atoms with Gasteiger partial charge in [-0.2, -0.15) is 0 Å². The number of piperidine rings is 1. The minimum Gasteiger partial charge on any atom is -0.481 e. The summed E-state index contributed by atoms with van der Waals surface area (Å²) in [5, 5.41) is 3.33. The Morgan fingerprint density at radius 1 is 1.50 bits per heavy atom. The highest BCUT2D eigenvalue weighted by atomic mass is 19.1. The van der Waals surface area contributed by atoms with Gasteiger partial charge in [0.05, 0.1) is 13.3 Å². The normalized spacial score (nSPS) is 19.6. The molecule has 1 aliphatic heterocycles. The van der Waals surface area contributed by atoms with Crippen molar-refractivity contribution in [2.24, 2.45) is 5.92 Å². The van der Waals surface area contributed by atoms with Crippen LogP contribution in [0.15, 0.2) is 18.3 Å². The number of rotatable bonds is 1. The molecule has 0 aliphatic carbocycles. The van der Waals surface area contributed by atoms with Gasteiger partial charge in [0.25, 0.3) is 0 Å². The number of ether oxygens (including phenoxy) is 1. The molecule has 4 heteroatoms. The highest BCUT2D eigenvalue weighted by Crippen LogP contribution is 2.06. The van der Waals surface area contributed by atoms with Gasteiger partial charge in [0.2, 0.25) is 5.88 Å². The molecule has 0 radical (unpaired) electrons. The maximum atomic E-state index is 12.1. The van der Waals surface area contributed by atoms with Gasteiger partial charge in [0.1, 0.15) is 5.82 Å². The van der Waals surface area contributed by atoms with E-state index in [-0.39, 0.29) is 5.82 Å². The molecule has 1 N–H and O–H groups in total. The van der Waals surface area contributed by atoms with Crippen molar-refractivity contribution in [3.63, 3.8) is 0 Å². The van der Waals surface area contributed by atoms with E-state index in [9.17, 15) is 4.39 Å². The van der Waals surface area contributed by atoms with Crippen LogP contribution in [0.4, 0.5) is 4.39 Å². The average Bonchev–Trinajstić information content (AvgIpc) is 2.32. The molecule has 3 nitrogen and oxygen atoms in total. The molecule has 1 unspecified atom stereocenters. The highest BCUT2D eigenvalue weighted by molar-refractivity contribution is 5.09. The molecule has 1 atom stereocenters. The van der Waals surface area contributed by atoms with E-state index in [0.717, 1.165) is 12.1 Å². The molecule has 1 saturated heterocycles. The van der Waals surface area contributed by atoms with Gasteiger partial charge in [-0.25, -0.2) is 9.37 Å². The summed E-state index contributed by atoms with van der Waals surface area (Å²) in [4.78, 5) is 3.60. The second-order valence-corrected chi connectivity index (χ2v) is 3.97. The van der Waals surface area contributed by atoms with Gasteiger partial charge in [-0.15, -0.1) is 0 Å². The predicted octanol–water partition coefficient (Wildman–Crippen LogP) is 2.24. The van der Waals surface area contributed by atoms with Crippen molar-refractivity contribution in [1.29, 1.82) is 0 Å².